The van der Waals surface area contributed by atoms with E-state index in [0.717, 1.165) is 12.1 Å². The molecule has 1 aromatic rings. The molecule has 0 radical (unpaired) electrons. The number of nitrogens with zero attached hydrogens (tertiary/aromatic N) is 1. The lowest BCUT2D eigenvalue weighted by Gasteiger charge is -2.22. The van der Waals surface area contributed by atoms with E-state index in [-0.39, 0.29) is 5.78 Å². The monoisotopic (exact) mass is 305 g/mol. The summed E-state index contributed by atoms with van der Waals surface area (Å²) in [6, 6.07) is 4.22. The number of carbonyl (C=O) groups excluding carboxylic acids is 1. The van der Waals surface area contributed by atoms with E-state index in [0.29, 0.717) is 5.56 Å². The Bertz CT molecular complexity index is 414. The standard InChI is InChI=1S/C12H14F3NO.2C2H6/c1-8(17)11(16(2)3)9-5-4-6-10(7-9)12(13,14)15;2*1-2/h4-7,11H,1-3H3;2*1-2H3. The molecule has 1 aromatic carbocycles. The number of alkyl halides is 3. The summed E-state index contributed by atoms with van der Waals surface area (Å²) in [5, 5.41) is 0. The van der Waals surface area contributed by atoms with Gasteiger partial charge in [-0.1, -0.05) is 39.8 Å². The number of hydrogen-bond acceptors (Lipinski definition) is 2. The highest BCUT2D eigenvalue weighted by atomic mass is 19.4. The van der Waals surface area contributed by atoms with Crippen LogP contribution in [-0.2, 0) is 11.0 Å². The summed E-state index contributed by atoms with van der Waals surface area (Å²) >= 11 is 0. The van der Waals surface area contributed by atoms with Crippen molar-refractivity contribution in [3.05, 3.63) is 35.4 Å². The van der Waals surface area contributed by atoms with Crippen LogP contribution in [0.25, 0.3) is 0 Å². The smallest absolute Gasteiger partial charge is 0.298 e. The molecule has 1 atom stereocenters. The van der Waals surface area contributed by atoms with Crippen molar-refractivity contribution in [2.75, 3.05) is 14.1 Å². The minimum Gasteiger partial charge on any atom is -0.298 e. The molecule has 0 spiro atoms. The lowest BCUT2D eigenvalue weighted by atomic mass is 10.00. The van der Waals surface area contributed by atoms with Crippen LogP contribution in [0.15, 0.2) is 24.3 Å². The number of benzene rings is 1. The molecule has 2 nitrogen and oxygen atoms in total. The van der Waals surface area contributed by atoms with Crippen molar-refractivity contribution in [1.29, 1.82) is 0 Å². The van der Waals surface area contributed by atoms with Gasteiger partial charge in [-0.25, -0.2) is 0 Å². The number of likely N-dealkylation sites (N-methyl/N-ethyl adjacent to an activating group) is 1. The van der Waals surface area contributed by atoms with Crippen LogP contribution >= 0.6 is 0 Å². The molecular weight excluding hydrogens is 279 g/mol. The fourth-order valence-electron chi connectivity index (χ4n) is 1.78. The highest BCUT2D eigenvalue weighted by Crippen LogP contribution is 2.31. The Labute approximate surface area is 126 Å². The molecule has 0 aromatic heterocycles. The topological polar surface area (TPSA) is 20.3 Å². The zero-order valence-electron chi connectivity index (χ0n) is 13.9. The summed E-state index contributed by atoms with van der Waals surface area (Å²) in [7, 11) is 3.32. The first kappa shape index (κ1) is 21.9. The molecule has 1 rings (SSSR count). The Hall–Kier alpha value is -1.36. The normalized spacial score (nSPS) is 11.8. The first-order valence-corrected chi connectivity index (χ1v) is 7.07. The summed E-state index contributed by atoms with van der Waals surface area (Å²) in [5.41, 5.74) is -0.375. The van der Waals surface area contributed by atoms with Gasteiger partial charge in [-0.2, -0.15) is 13.2 Å². The second-order valence-corrected chi connectivity index (χ2v) is 4.10. The highest BCUT2D eigenvalue weighted by Gasteiger charge is 2.31. The predicted octanol–water partition coefficient (Wildman–Crippen LogP) is 4.95. The third kappa shape index (κ3) is 7.27. The maximum absolute atomic E-state index is 12.5. The Morgan fingerprint density at radius 1 is 1.10 bits per heavy atom. The molecule has 0 aliphatic rings. The van der Waals surface area contributed by atoms with Gasteiger partial charge in [0.15, 0.2) is 5.78 Å². The lowest BCUT2D eigenvalue weighted by molar-refractivity contribution is -0.137. The van der Waals surface area contributed by atoms with Crippen LogP contribution < -0.4 is 0 Å². The van der Waals surface area contributed by atoms with Gasteiger partial charge in [0.1, 0.15) is 0 Å². The fourth-order valence-corrected chi connectivity index (χ4v) is 1.78. The number of Topliss-reactive ketones (excluding diaryl/α,β-unsaturated/α-hetero) is 1. The van der Waals surface area contributed by atoms with Crippen LogP contribution in [0, 0.1) is 0 Å². The number of rotatable bonds is 3. The Morgan fingerprint density at radius 3 is 1.90 bits per heavy atom. The van der Waals surface area contributed by atoms with Gasteiger partial charge in [-0.05, 0) is 38.7 Å². The SMILES string of the molecule is CC.CC.CC(=O)C(c1cccc(C(F)(F)F)c1)N(C)C. The molecule has 0 fully saturated rings. The first-order valence-electron chi connectivity index (χ1n) is 7.07. The maximum Gasteiger partial charge on any atom is 0.416 e. The molecule has 0 saturated heterocycles. The molecule has 0 N–H and O–H groups in total. The van der Waals surface area contributed by atoms with E-state index in [1.807, 2.05) is 27.7 Å². The predicted molar refractivity (Wildman–Crippen MR) is 81.2 cm³/mol. The molecule has 0 heterocycles. The third-order valence-electron chi connectivity index (χ3n) is 2.43. The minimum atomic E-state index is -4.39. The van der Waals surface area contributed by atoms with Crippen LogP contribution in [0.1, 0.15) is 51.8 Å². The summed E-state index contributed by atoms with van der Waals surface area (Å²) in [6.07, 6.45) is -4.39. The van der Waals surface area contributed by atoms with Gasteiger partial charge in [0.25, 0.3) is 0 Å². The fraction of sp³-hybridized carbons (Fsp3) is 0.562. The molecule has 0 amide bonds. The third-order valence-corrected chi connectivity index (χ3v) is 2.43. The summed E-state index contributed by atoms with van der Waals surface area (Å²) < 4.78 is 37.6. The van der Waals surface area contributed by atoms with E-state index < -0.39 is 17.8 Å². The second kappa shape index (κ2) is 10.4. The molecule has 0 aliphatic heterocycles. The Kier molecular flexibility index (Phi) is 10.8. The number of halogens is 3. The van der Waals surface area contributed by atoms with E-state index in [2.05, 4.69) is 0 Å². The zero-order chi connectivity index (χ0) is 17.2. The van der Waals surface area contributed by atoms with Crippen LogP contribution in [0.3, 0.4) is 0 Å². The van der Waals surface area contributed by atoms with Crippen LogP contribution in [-0.4, -0.2) is 24.8 Å². The number of hydrogen-bond donors (Lipinski definition) is 0. The largest absolute Gasteiger partial charge is 0.416 e. The van der Waals surface area contributed by atoms with E-state index >= 15 is 0 Å². The Balaban J connectivity index is 0. The van der Waals surface area contributed by atoms with Crippen molar-refractivity contribution >= 4 is 5.78 Å². The Morgan fingerprint density at radius 2 is 1.57 bits per heavy atom. The van der Waals surface area contributed by atoms with Crippen LogP contribution in [0.2, 0.25) is 0 Å². The lowest BCUT2D eigenvalue weighted by Crippen LogP contribution is -2.26. The average Bonchev–Trinajstić information content (AvgIpc) is 2.42. The van der Waals surface area contributed by atoms with Gasteiger partial charge in [-0.3, -0.25) is 9.69 Å². The van der Waals surface area contributed by atoms with Crippen molar-refractivity contribution < 1.29 is 18.0 Å². The quantitative estimate of drug-likeness (QED) is 0.787. The molecule has 122 valence electrons. The van der Waals surface area contributed by atoms with Gasteiger partial charge in [0.2, 0.25) is 0 Å². The second-order valence-electron chi connectivity index (χ2n) is 4.10. The van der Waals surface area contributed by atoms with Crippen molar-refractivity contribution in [2.45, 2.75) is 46.8 Å². The van der Waals surface area contributed by atoms with Gasteiger partial charge in [-0.15, -0.1) is 0 Å². The molecular formula is C16H26F3NO. The highest BCUT2D eigenvalue weighted by molar-refractivity contribution is 5.82. The molecule has 5 heteroatoms. The van der Waals surface area contributed by atoms with E-state index in [1.54, 1.807) is 19.0 Å². The van der Waals surface area contributed by atoms with Gasteiger partial charge >= 0.3 is 6.18 Å². The van der Waals surface area contributed by atoms with E-state index in [4.69, 9.17) is 0 Å². The summed E-state index contributed by atoms with van der Waals surface area (Å²) in [6.45, 7) is 9.37. The molecule has 0 saturated carbocycles. The van der Waals surface area contributed by atoms with Crippen molar-refractivity contribution in [3.8, 4) is 0 Å². The van der Waals surface area contributed by atoms with Crippen LogP contribution in [0.5, 0.6) is 0 Å². The number of carbonyl (C=O) groups is 1. The average molecular weight is 305 g/mol. The zero-order valence-corrected chi connectivity index (χ0v) is 13.9. The summed E-state index contributed by atoms with van der Waals surface area (Å²) in [4.78, 5) is 13.0. The number of ketones is 1. The van der Waals surface area contributed by atoms with Gasteiger partial charge < -0.3 is 0 Å². The molecule has 0 aliphatic carbocycles. The van der Waals surface area contributed by atoms with Gasteiger partial charge in [0.05, 0.1) is 11.6 Å². The van der Waals surface area contributed by atoms with Crippen molar-refractivity contribution in [1.82, 2.24) is 4.90 Å². The van der Waals surface area contributed by atoms with Crippen molar-refractivity contribution in [3.63, 3.8) is 0 Å². The van der Waals surface area contributed by atoms with Crippen LogP contribution in [0.4, 0.5) is 13.2 Å². The van der Waals surface area contributed by atoms with Crippen molar-refractivity contribution in [2.24, 2.45) is 0 Å². The van der Waals surface area contributed by atoms with Gasteiger partial charge in [0, 0.05) is 0 Å². The maximum atomic E-state index is 12.5. The summed E-state index contributed by atoms with van der Waals surface area (Å²) in [5.74, 6) is -0.186. The minimum absolute atomic E-state index is 0.186. The van der Waals surface area contributed by atoms with E-state index in [1.165, 1.54) is 19.1 Å². The van der Waals surface area contributed by atoms with E-state index in [9.17, 15) is 18.0 Å². The molecule has 21 heavy (non-hydrogen) atoms. The first-order chi connectivity index (χ1) is 9.73. The molecule has 0 bridgehead atoms. The molecule has 1 unspecified atom stereocenters.